The Balaban J connectivity index is 0.000000175. The summed E-state index contributed by atoms with van der Waals surface area (Å²) in [6.45, 7) is 0. The van der Waals surface area contributed by atoms with Crippen molar-refractivity contribution in [1.29, 1.82) is 0 Å². The molecule has 0 aromatic heterocycles. The maximum atomic E-state index is 10.8. The van der Waals surface area contributed by atoms with E-state index in [-0.39, 0.29) is 13.2 Å². The van der Waals surface area contributed by atoms with Crippen LogP contribution in [0.4, 0.5) is 102 Å². The van der Waals surface area contributed by atoms with Gasteiger partial charge >= 0.3 is 0 Å². The van der Waals surface area contributed by atoms with Crippen molar-refractivity contribution in [3.05, 3.63) is 549 Å². The van der Waals surface area contributed by atoms with E-state index in [1.807, 2.05) is 72.8 Å². The maximum absolute atomic E-state index is 10.8. The number of anilines is 18. The van der Waals surface area contributed by atoms with Crippen LogP contribution in [0, 0.1) is 0 Å². The molecule has 0 aliphatic carbocycles. The Labute approximate surface area is 821 Å². The number of phenolic OH excluding ortho intramolecular Hbond substituents is 1. The molecule has 11 heteroatoms. The van der Waals surface area contributed by atoms with Crippen LogP contribution in [-0.2, 0) is 0 Å². The Morgan fingerprint density at radius 3 is 0.493 bits per heavy atom. The largest absolute Gasteiger partial charge is 0.508 e. The predicted octanol–water partition coefficient (Wildman–Crippen LogP) is 38.2. The molecular formula is C127H94Br2N6O3. The number of fused-ring (bicyclic) bond motifs is 12. The average Bonchev–Trinajstić information content (AvgIpc) is 0.736. The van der Waals surface area contributed by atoms with Gasteiger partial charge in [-0.25, -0.2) is 0 Å². The number of para-hydroxylation sites is 12. The first-order chi connectivity index (χ1) is 67.7. The van der Waals surface area contributed by atoms with E-state index in [2.05, 4.69) is 516 Å². The molecule has 0 saturated heterocycles. The van der Waals surface area contributed by atoms with Crippen molar-refractivity contribution >= 4 is 199 Å². The third-order valence-electron chi connectivity index (χ3n) is 24.4. The Morgan fingerprint density at radius 1 is 0.138 bits per heavy atom. The molecule has 9 nitrogen and oxygen atoms in total. The van der Waals surface area contributed by atoms with Gasteiger partial charge in [0.25, 0.3) is 0 Å². The second-order valence-electron chi connectivity index (χ2n) is 33.2. The molecule has 1 N–H and O–H groups in total. The fraction of sp³-hybridized carbons (Fsp3) is 0.00787. The molecule has 0 spiro atoms. The van der Waals surface area contributed by atoms with Crippen LogP contribution in [0.5, 0.6) is 28.7 Å². The van der Waals surface area contributed by atoms with Crippen molar-refractivity contribution in [2.75, 3.05) is 29.4 Å². The maximum Gasteiger partial charge on any atom is 0.131 e. The lowest BCUT2D eigenvalue weighted by Gasteiger charge is -2.30. The molecule has 0 unspecified atom stereocenters. The van der Waals surface area contributed by atoms with Gasteiger partial charge in [0.15, 0.2) is 0 Å². The van der Waals surface area contributed by atoms with E-state index in [4.69, 9.17) is 9.47 Å². The molecule has 0 heterocycles. The van der Waals surface area contributed by atoms with Crippen molar-refractivity contribution in [2.45, 2.75) is 7.43 Å². The van der Waals surface area contributed by atoms with Crippen LogP contribution >= 0.6 is 31.9 Å². The number of hydrogen-bond donors (Lipinski definition) is 1. The van der Waals surface area contributed by atoms with E-state index in [0.717, 1.165) is 144 Å². The summed E-state index contributed by atoms with van der Waals surface area (Å²) in [7, 11) is 0. The highest BCUT2D eigenvalue weighted by Gasteiger charge is 2.26. The third kappa shape index (κ3) is 19.2. The van der Waals surface area contributed by atoms with E-state index < -0.39 is 0 Å². The van der Waals surface area contributed by atoms with Gasteiger partial charge < -0.3 is 44.0 Å². The third-order valence-corrected chi connectivity index (χ3v) is 25.4. The van der Waals surface area contributed by atoms with Crippen LogP contribution in [0.15, 0.2) is 549 Å². The van der Waals surface area contributed by atoms with Crippen LogP contribution < -0.4 is 38.9 Å². The standard InChI is InChI=1S/C78H56N4O2.C30H24N2O.C18H10Br2.CH4/c1-9-27-57(28-10-1)79(58-29-11-2-12-30-58)65-49-66(80(59-31-13-3-14-32-59)60-33-15-4-16-34-60)52-71(51-65)83-69-45-47-75-73-43-25-26-44-74(73)76-48-46-70(56-78(76)77(75)55-69)84-72-53-67(81(61-35-17-5-18-36-61)62-37-19-6-20-38-62)50-68(54-72)82(63-39-21-7-22-40-63)64-41-23-8-24-42-64;33-30-22-28(31(24-13-5-1-6-14-24)25-15-7-2-8-16-25)21-29(23-30)32(26-17-9-3-10-18-26)27-19-11-4-12-20-27;19-11-5-7-15-13-3-1-2-4-14(13)16-8-6-12(20)10-18(16)17(15)9-11;/h1-56H;1-23,33H;1-10H;1H4. The Hall–Kier alpha value is -17.2. The fourth-order valence-electron chi connectivity index (χ4n) is 18.4. The molecule has 0 amide bonds. The summed E-state index contributed by atoms with van der Waals surface area (Å²) in [5.41, 5.74) is 17.8. The van der Waals surface area contributed by atoms with Gasteiger partial charge in [-0.1, -0.05) is 330 Å². The molecule has 0 bridgehead atoms. The average molecular weight is 1910 g/mol. The SMILES string of the molecule is Brc1ccc2c3ccccc3c3ccc(Br)cc3c2c1.C.Oc1cc(N(c2ccccc2)c2ccccc2)cc(N(c2ccccc2)c2ccccc2)c1.c1ccc(N(c2ccccc2)c2cc(Oc3ccc4c5ccccc5c5ccc(Oc6cc(N(c7ccccc7)c7ccccc7)cc(N(c7ccccc7)c7ccccc7)c6)cc5c4c3)cc(N(c3ccccc3)c3ccccc3)c2)cc1. The highest BCUT2D eigenvalue weighted by atomic mass is 79.9. The summed E-state index contributed by atoms with van der Waals surface area (Å²) < 4.78 is 16.7. The predicted molar refractivity (Wildman–Crippen MR) is 589 cm³/mol. The van der Waals surface area contributed by atoms with E-state index in [9.17, 15) is 5.11 Å². The van der Waals surface area contributed by atoms with E-state index in [0.29, 0.717) is 23.0 Å². The number of phenols is 1. The highest BCUT2D eigenvalue weighted by Crippen LogP contribution is 2.50. The summed E-state index contributed by atoms with van der Waals surface area (Å²) in [6.07, 6.45) is 0. The van der Waals surface area contributed by atoms with Crippen molar-refractivity contribution in [3.63, 3.8) is 0 Å². The smallest absolute Gasteiger partial charge is 0.131 e. The molecule has 664 valence electrons. The fourth-order valence-corrected chi connectivity index (χ4v) is 19.2. The number of benzene rings is 23. The van der Waals surface area contributed by atoms with Crippen LogP contribution in [0.1, 0.15) is 7.43 Å². The first kappa shape index (κ1) is 88.7. The minimum Gasteiger partial charge on any atom is -0.508 e. The van der Waals surface area contributed by atoms with E-state index >= 15 is 0 Å². The lowest BCUT2D eigenvalue weighted by molar-refractivity contribution is 0.475. The van der Waals surface area contributed by atoms with Gasteiger partial charge in [0, 0.05) is 114 Å². The quantitative estimate of drug-likeness (QED) is 0.0669. The first-order valence-electron chi connectivity index (χ1n) is 45.7. The zero-order valence-electron chi connectivity index (χ0n) is 74.6. The molecular weight excluding hydrogens is 1820 g/mol. The van der Waals surface area contributed by atoms with E-state index in [1.54, 1.807) is 12.1 Å². The number of halogens is 2. The van der Waals surface area contributed by atoms with Gasteiger partial charge in [0.05, 0.1) is 34.1 Å². The van der Waals surface area contributed by atoms with Crippen molar-refractivity contribution < 1.29 is 14.6 Å². The second-order valence-corrected chi connectivity index (χ2v) is 35.0. The summed E-state index contributed by atoms with van der Waals surface area (Å²) in [6, 6.07) is 187. The van der Waals surface area contributed by atoms with Crippen molar-refractivity contribution in [3.8, 4) is 28.7 Å². The Morgan fingerprint density at radius 2 is 0.297 bits per heavy atom. The van der Waals surface area contributed by atoms with Crippen LogP contribution in [-0.4, -0.2) is 5.11 Å². The topological polar surface area (TPSA) is 58.1 Å². The molecule has 23 aromatic carbocycles. The van der Waals surface area contributed by atoms with Crippen LogP contribution in [0.25, 0.3) is 64.6 Å². The molecule has 0 saturated carbocycles. The first-order valence-corrected chi connectivity index (χ1v) is 47.3. The number of aromatic hydroxyl groups is 1. The highest BCUT2D eigenvalue weighted by molar-refractivity contribution is 9.10. The minimum absolute atomic E-state index is 0. The number of rotatable bonds is 22. The Kier molecular flexibility index (Phi) is 26.4. The number of nitrogens with zero attached hydrogens (tertiary/aromatic N) is 6. The summed E-state index contributed by atoms with van der Waals surface area (Å²) in [4.78, 5) is 13.4. The zero-order valence-corrected chi connectivity index (χ0v) is 77.8. The lowest BCUT2D eigenvalue weighted by Crippen LogP contribution is -2.13. The monoisotopic (exact) mass is 1910 g/mol. The van der Waals surface area contributed by atoms with Crippen LogP contribution in [0.2, 0.25) is 0 Å². The minimum atomic E-state index is 0. The van der Waals surface area contributed by atoms with Gasteiger partial charge in [-0.15, -0.1) is 0 Å². The van der Waals surface area contributed by atoms with Gasteiger partial charge in [-0.3, -0.25) is 0 Å². The van der Waals surface area contributed by atoms with Gasteiger partial charge in [-0.05, 0) is 277 Å². The van der Waals surface area contributed by atoms with Gasteiger partial charge in [0.1, 0.15) is 28.7 Å². The van der Waals surface area contributed by atoms with Gasteiger partial charge in [-0.2, -0.15) is 0 Å². The van der Waals surface area contributed by atoms with Crippen molar-refractivity contribution in [2.24, 2.45) is 0 Å². The molecule has 0 atom stereocenters. The lowest BCUT2D eigenvalue weighted by atomic mass is 9.94. The normalized spacial score (nSPS) is 10.9. The molecule has 0 aliphatic heterocycles. The van der Waals surface area contributed by atoms with Crippen LogP contribution in [0.3, 0.4) is 0 Å². The molecule has 23 aromatic rings. The second kappa shape index (κ2) is 41.1. The molecule has 0 fully saturated rings. The summed E-state index contributed by atoms with van der Waals surface area (Å²) in [5.74, 6) is 2.97. The zero-order chi connectivity index (χ0) is 92.2. The van der Waals surface area contributed by atoms with E-state index in [1.165, 1.54) is 32.3 Å². The summed E-state index contributed by atoms with van der Waals surface area (Å²) >= 11 is 7.18. The number of hydrogen-bond acceptors (Lipinski definition) is 9. The Bertz CT molecular complexity index is 7210. The van der Waals surface area contributed by atoms with Gasteiger partial charge in [0.2, 0.25) is 0 Å². The molecule has 138 heavy (non-hydrogen) atoms. The molecule has 0 aliphatic rings. The molecule has 23 rings (SSSR count). The van der Waals surface area contributed by atoms with Crippen molar-refractivity contribution in [1.82, 2.24) is 0 Å². The molecule has 0 radical (unpaired) electrons. The number of ether oxygens (including phenoxy) is 2. The summed E-state index contributed by atoms with van der Waals surface area (Å²) in [5, 5.41) is 25.3.